The van der Waals surface area contributed by atoms with E-state index >= 15 is 0 Å². The number of methoxy groups -OCH3 is 2. The number of sulfonamides is 2. The summed E-state index contributed by atoms with van der Waals surface area (Å²) in [4.78, 5) is -0.242. The van der Waals surface area contributed by atoms with Crippen molar-refractivity contribution >= 4 is 75.7 Å². The average Bonchev–Trinajstić information content (AvgIpc) is 3.10. The Morgan fingerprint density at radius 3 is 1.16 bits per heavy atom. The van der Waals surface area contributed by atoms with Crippen LogP contribution in [0.1, 0.15) is 0 Å². The standard InChI is InChI=1S/C34H30N8O6S2/c1-47-29-15-19(11-13-25(29)39-41-27-17-31(49(37,43)44)21-7-3-5-9-23(21)33(27)35)20-12-14-26(30(16-20)48-2)40-42-28-18-32(50(38,45)46)22-8-4-6-10-24(22)34(28)36/h3-18H,35-36H2,1-2H3,(H2,37,43,44)(H2,38,45,46). The van der Waals surface area contributed by atoms with Gasteiger partial charge in [-0.2, -0.15) is 0 Å². The minimum atomic E-state index is -4.08. The molecule has 0 aromatic heterocycles. The van der Waals surface area contributed by atoms with Crippen molar-refractivity contribution in [2.24, 2.45) is 30.7 Å². The lowest BCUT2D eigenvalue weighted by molar-refractivity contribution is 0.415. The summed E-state index contributed by atoms with van der Waals surface area (Å²) < 4.78 is 60.5. The van der Waals surface area contributed by atoms with Gasteiger partial charge in [-0.3, -0.25) is 0 Å². The van der Waals surface area contributed by atoms with Crippen molar-refractivity contribution in [1.82, 2.24) is 0 Å². The lowest BCUT2D eigenvalue weighted by atomic mass is 10.0. The molecule has 50 heavy (non-hydrogen) atoms. The van der Waals surface area contributed by atoms with E-state index in [9.17, 15) is 16.8 Å². The molecule has 254 valence electrons. The molecule has 0 atom stereocenters. The summed E-state index contributed by atoms with van der Waals surface area (Å²) >= 11 is 0. The molecule has 6 rings (SSSR count). The molecule has 6 aromatic carbocycles. The highest BCUT2D eigenvalue weighted by Gasteiger charge is 2.19. The van der Waals surface area contributed by atoms with E-state index in [1.807, 2.05) is 0 Å². The highest BCUT2D eigenvalue weighted by Crippen LogP contribution is 2.41. The van der Waals surface area contributed by atoms with Gasteiger partial charge in [-0.25, -0.2) is 27.1 Å². The van der Waals surface area contributed by atoms with Crippen LogP contribution in [-0.4, -0.2) is 31.1 Å². The van der Waals surface area contributed by atoms with Crippen molar-refractivity contribution < 1.29 is 26.3 Å². The number of nitrogen functional groups attached to an aromatic ring is 2. The van der Waals surface area contributed by atoms with Gasteiger partial charge in [0.15, 0.2) is 0 Å². The summed E-state index contributed by atoms with van der Waals surface area (Å²) in [5, 5.41) is 29.7. The van der Waals surface area contributed by atoms with Gasteiger partial charge in [0.1, 0.15) is 34.2 Å². The zero-order valence-corrected chi connectivity index (χ0v) is 28.2. The molecule has 0 amide bonds. The van der Waals surface area contributed by atoms with E-state index in [4.69, 9.17) is 31.2 Å². The van der Waals surface area contributed by atoms with Crippen LogP contribution in [0.15, 0.2) is 127 Å². The molecule has 0 saturated carbocycles. The second kappa shape index (κ2) is 13.2. The molecule has 0 radical (unpaired) electrons. The Hall–Kier alpha value is -5.94. The van der Waals surface area contributed by atoms with Crippen LogP contribution in [0.5, 0.6) is 11.5 Å². The quantitative estimate of drug-likeness (QED) is 0.0900. The Balaban J connectivity index is 1.32. The third-order valence-corrected chi connectivity index (χ3v) is 9.79. The Bertz CT molecular complexity index is 2430. The summed E-state index contributed by atoms with van der Waals surface area (Å²) in [5.74, 6) is 0.745. The van der Waals surface area contributed by atoms with Crippen molar-refractivity contribution in [3.05, 3.63) is 97.1 Å². The number of nitrogens with zero attached hydrogens (tertiary/aromatic N) is 4. The van der Waals surface area contributed by atoms with E-state index in [2.05, 4.69) is 20.5 Å². The largest absolute Gasteiger partial charge is 0.494 e. The lowest BCUT2D eigenvalue weighted by Gasteiger charge is -2.11. The normalized spacial score (nSPS) is 12.3. The first-order valence-corrected chi connectivity index (χ1v) is 17.8. The van der Waals surface area contributed by atoms with Gasteiger partial charge in [0, 0.05) is 21.5 Å². The number of ether oxygens (including phenoxy) is 2. The van der Waals surface area contributed by atoms with E-state index in [1.165, 1.54) is 26.4 Å². The Kier molecular flexibility index (Phi) is 8.94. The SMILES string of the molecule is COc1cc(-c2ccc(N=Nc3cc(S(N)(=O)=O)c4ccccc4c3N)c(OC)c2)ccc1N=Nc1cc(S(N)(=O)=O)c2ccccc2c1N. The van der Waals surface area contributed by atoms with Gasteiger partial charge in [-0.15, -0.1) is 20.5 Å². The number of nitrogens with two attached hydrogens (primary N) is 4. The van der Waals surface area contributed by atoms with E-state index in [-0.39, 0.29) is 32.5 Å². The number of fused-ring (bicyclic) bond motifs is 2. The first kappa shape index (κ1) is 33.9. The summed E-state index contributed by atoms with van der Waals surface area (Å²) in [6.07, 6.45) is 0. The molecule has 0 heterocycles. The number of azo groups is 2. The Morgan fingerprint density at radius 2 is 0.820 bits per heavy atom. The van der Waals surface area contributed by atoms with Crippen molar-refractivity contribution in [3.8, 4) is 22.6 Å². The molecule has 0 fully saturated rings. The third-order valence-electron chi connectivity index (χ3n) is 7.89. The van der Waals surface area contributed by atoms with E-state index in [0.717, 1.165) is 11.1 Å². The third kappa shape index (κ3) is 6.55. The number of hydrogen-bond acceptors (Lipinski definition) is 12. The fourth-order valence-electron chi connectivity index (χ4n) is 5.43. The number of hydrogen-bond donors (Lipinski definition) is 4. The smallest absolute Gasteiger partial charge is 0.238 e. The first-order chi connectivity index (χ1) is 23.8. The Morgan fingerprint density at radius 1 is 0.480 bits per heavy atom. The molecule has 0 aliphatic heterocycles. The monoisotopic (exact) mass is 710 g/mol. The van der Waals surface area contributed by atoms with Crippen molar-refractivity contribution in [3.63, 3.8) is 0 Å². The van der Waals surface area contributed by atoms with Crippen molar-refractivity contribution in [2.75, 3.05) is 25.7 Å². The summed E-state index contributed by atoms with van der Waals surface area (Å²) in [5.41, 5.74) is 15.6. The van der Waals surface area contributed by atoms with E-state index < -0.39 is 20.0 Å². The molecule has 0 bridgehead atoms. The molecule has 0 unspecified atom stereocenters. The maximum Gasteiger partial charge on any atom is 0.238 e. The number of anilines is 2. The molecule has 0 spiro atoms. The van der Waals surface area contributed by atoms with Crippen LogP contribution < -0.4 is 31.2 Å². The number of rotatable bonds is 9. The van der Waals surface area contributed by atoms with Gasteiger partial charge in [0.2, 0.25) is 20.0 Å². The summed E-state index contributed by atoms with van der Waals surface area (Å²) in [6.45, 7) is 0. The molecule has 8 N–H and O–H groups in total. The maximum absolute atomic E-state index is 12.3. The van der Waals surface area contributed by atoms with Crippen LogP contribution in [-0.2, 0) is 20.0 Å². The molecule has 16 heteroatoms. The zero-order valence-electron chi connectivity index (χ0n) is 26.6. The van der Waals surface area contributed by atoms with Crippen molar-refractivity contribution in [1.29, 1.82) is 0 Å². The van der Waals surface area contributed by atoms with Gasteiger partial charge < -0.3 is 20.9 Å². The number of benzene rings is 6. The predicted molar refractivity (Wildman–Crippen MR) is 193 cm³/mol. The maximum atomic E-state index is 12.3. The molecule has 0 aliphatic carbocycles. The highest BCUT2D eigenvalue weighted by molar-refractivity contribution is 7.89. The van der Waals surface area contributed by atoms with E-state index in [1.54, 1.807) is 84.9 Å². The molecule has 0 saturated heterocycles. The van der Waals surface area contributed by atoms with Crippen molar-refractivity contribution in [2.45, 2.75) is 9.79 Å². The van der Waals surface area contributed by atoms with E-state index in [0.29, 0.717) is 44.4 Å². The highest BCUT2D eigenvalue weighted by atomic mass is 32.2. The minimum absolute atomic E-state index is 0.121. The minimum Gasteiger partial charge on any atom is -0.494 e. The van der Waals surface area contributed by atoms with Crippen LogP contribution >= 0.6 is 0 Å². The van der Waals surface area contributed by atoms with Gasteiger partial charge in [-0.1, -0.05) is 60.7 Å². The van der Waals surface area contributed by atoms with Gasteiger partial charge in [0.25, 0.3) is 0 Å². The predicted octanol–water partition coefficient (Wildman–Crippen LogP) is 6.97. The lowest BCUT2D eigenvalue weighted by Crippen LogP contribution is -2.13. The summed E-state index contributed by atoms with van der Waals surface area (Å²) in [7, 11) is -5.21. The fraction of sp³-hybridized carbons (Fsp3) is 0.0588. The fourth-order valence-corrected chi connectivity index (χ4v) is 6.95. The number of primary sulfonamides is 2. The van der Waals surface area contributed by atoms with Gasteiger partial charge >= 0.3 is 0 Å². The second-order valence-electron chi connectivity index (χ2n) is 11.0. The first-order valence-electron chi connectivity index (χ1n) is 14.7. The van der Waals surface area contributed by atoms with Crippen LogP contribution in [0, 0.1) is 0 Å². The topological polar surface area (TPSA) is 240 Å². The average molecular weight is 711 g/mol. The van der Waals surface area contributed by atoms with Gasteiger partial charge in [0.05, 0.1) is 35.4 Å². The van der Waals surface area contributed by atoms with Gasteiger partial charge in [-0.05, 0) is 47.5 Å². The van der Waals surface area contributed by atoms with Crippen LogP contribution in [0.25, 0.3) is 32.7 Å². The Labute approximate surface area is 287 Å². The second-order valence-corrected chi connectivity index (χ2v) is 14.0. The molecular weight excluding hydrogens is 681 g/mol. The van der Waals surface area contributed by atoms with Crippen LogP contribution in [0.3, 0.4) is 0 Å². The zero-order chi connectivity index (χ0) is 35.8. The van der Waals surface area contributed by atoms with Crippen LogP contribution in [0.2, 0.25) is 0 Å². The molecular formula is C34H30N8O6S2. The summed E-state index contributed by atoms with van der Waals surface area (Å²) in [6, 6.07) is 26.4. The molecule has 6 aromatic rings. The molecule has 14 nitrogen and oxygen atoms in total. The molecule has 0 aliphatic rings. The van der Waals surface area contributed by atoms with Crippen LogP contribution in [0.4, 0.5) is 34.1 Å².